The Hall–Kier alpha value is -1.60. The molecule has 0 spiro atoms. The predicted octanol–water partition coefficient (Wildman–Crippen LogP) is 3.45. The Balaban J connectivity index is 2.31. The topological polar surface area (TPSA) is 77.2 Å². The third kappa shape index (κ3) is 3.10. The Bertz CT molecular complexity index is 662. The molecule has 0 bridgehead atoms. The van der Waals surface area contributed by atoms with E-state index in [-0.39, 0.29) is 5.91 Å². The number of anilines is 2. The van der Waals surface area contributed by atoms with Crippen molar-refractivity contribution in [3.8, 4) is 5.75 Å². The van der Waals surface area contributed by atoms with Crippen LogP contribution in [0, 0.1) is 0 Å². The first-order chi connectivity index (χ1) is 9.52. The fraction of sp³-hybridized carbons (Fsp3) is 0.0769. The van der Waals surface area contributed by atoms with Gasteiger partial charge in [-0.05, 0) is 44.0 Å². The summed E-state index contributed by atoms with van der Waals surface area (Å²) < 4.78 is 6.70. The van der Waals surface area contributed by atoms with Gasteiger partial charge in [-0.25, -0.2) is 0 Å². The SMILES string of the molecule is COc1cc(NC(=O)c2cnccc2N)c(Br)cc1Br. The van der Waals surface area contributed by atoms with Gasteiger partial charge in [0.25, 0.3) is 5.91 Å². The number of hydrogen-bond acceptors (Lipinski definition) is 4. The van der Waals surface area contributed by atoms with Crippen LogP contribution in [0.4, 0.5) is 11.4 Å². The molecule has 1 aromatic heterocycles. The van der Waals surface area contributed by atoms with E-state index in [1.165, 1.54) is 12.4 Å². The third-order valence-electron chi connectivity index (χ3n) is 2.59. The molecule has 0 radical (unpaired) electrons. The molecule has 2 rings (SSSR count). The van der Waals surface area contributed by atoms with Crippen molar-refractivity contribution in [1.29, 1.82) is 0 Å². The van der Waals surface area contributed by atoms with E-state index in [9.17, 15) is 4.79 Å². The van der Waals surface area contributed by atoms with E-state index in [1.807, 2.05) is 0 Å². The van der Waals surface area contributed by atoms with Gasteiger partial charge >= 0.3 is 0 Å². The summed E-state index contributed by atoms with van der Waals surface area (Å²) in [5.41, 5.74) is 7.02. The second-order valence-corrected chi connectivity index (χ2v) is 5.59. The molecule has 104 valence electrons. The van der Waals surface area contributed by atoms with Gasteiger partial charge in [0.15, 0.2) is 0 Å². The van der Waals surface area contributed by atoms with Crippen LogP contribution in [0.25, 0.3) is 0 Å². The average molecular weight is 401 g/mol. The highest BCUT2D eigenvalue weighted by molar-refractivity contribution is 9.11. The summed E-state index contributed by atoms with van der Waals surface area (Å²) in [6, 6.07) is 5.08. The molecule has 2 aromatic rings. The van der Waals surface area contributed by atoms with E-state index in [4.69, 9.17) is 10.5 Å². The number of hydrogen-bond donors (Lipinski definition) is 2. The number of carbonyl (C=O) groups is 1. The molecule has 1 heterocycles. The van der Waals surface area contributed by atoms with E-state index in [2.05, 4.69) is 42.2 Å². The molecule has 0 fully saturated rings. The molecule has 20 heavy (non-hydrogen) atoms. The van der Waals surface area contributed by atoms with E-state index in [0.717, 1.165) is 8.95 Å². The molecule has 0 aliphatic heterocycles. The number of ether oxygens (including phenoxy) is 1. The number of methoxy groups -OCH3 is 1. The maximum Gasteiger partial charge on any atom is 0.259 e. The fourth-order valence-electron chi connectivity index (χ4n) is 1.57. The largest absolute Gasteiger partial charge is 0.495 e. The number of nitrogens with two attached hydrogens (primary N) is 1. The van der Waals surface area contributed by atoms with Crippen LogP contribution in [0.1, 0.15) is 10.4 Å². The highest BCUT2D eigenvalue weighted by Crippen LogP contribution is 2.34. The van der Waals surface area contributed by atoms with Crippen molar-refractivity contribution in [3.05, 3.63) is 45.1 Å². The molecule has 5 nitrogen and oxygen atoms in total. The molecule has 0 atom stereocenters. The van der Waals surface area contributed by atoms with E-state index in [1.54, 1.807) is 25.3 Å². The second kappa shape index (κ2) is 6.23. The quantitative estimate of drug-likeness (QED) is 0.827. The van der Waals surface area contributed by atoms with Gasteiger partial charge in [0.05, 0.1) is 22.8 Å². The minimum absolute atomic E-state index is 0.321. The van der Waals surface area contributed by atoms with Gasteiger partial charge in [-0.1, -0.05) is 0 Å². The molecule has 0 aliphatic carbocycles. The van der Waals surface area contributed by atoms with Crippen molar-refractivity contribution >= 4 is 49.1 Å². The number of amides is 1. The molecule has 0 saturated heterocycles. The molecular weight excluding hydrogens is 390 g/mol. The van der Waals surface area contributed by atoms with Gasteiger partial charge in [-0.2, -0.15) is 0 Å². The zero-order valence-electron chi connectivity index (χ0n) is 10.5. The predicted molar refractivity (Wildman–Crippen MR) is 85.0 cm³/mol. The normalized spacial score (nSPS) is 10.2. The first-order valence-corrected chi connectivity index (χ1v) is 7.15. The number of pyridine rings is 1. The van der Waals surface area contributed by atoms with Gasteiger partial charge < -0.3 is 15.8 Å². The first kappa shape index (κ1) is 14.8. The number of nitrogens with one attached hydrogen (secondary N) is 1. The number of rotatable bonds is 3. The Morgan fingerprint density at radius 2 is 2.10 bits per heavy atom. The lowest BCUT2D eigenvalue weighted by atomic mass is 10.2. The Morgan fingerprint density at radius 1 is 1.35 bits per heavy atom. The van der Waals surface area contributed by atoms with Crippen LogP contribution in [-0.4, -0.2) is 18.0 Å². The highest BCUT2D eigenvalue weighted by atomic mass is 79.9. The van der Waals surface area contributed by atoms with Crippen molar-refractivity contribution in [2.24, 2.45) is 0 Å². The summed E-state index contributed by atoms with van der Waals surface area (Å²) in [5.74, 6) is 0.281. The standard InChI is InChI=1S/C13H11Br2N3O2/c1-20-12-5-11(8(14)4-9(12)15)18-13(19)7-6-17-3-2-10(7)16/h2-6H,1H3,(H2,16,17)(H,18,19). The minimum Gasteiger partial charge on any atom is -0.495 e. The lowest BCUT2D eigenvalue weighted by Crippen LogP contribution is -2.14. The van der Waals surface area contributed by atoms with Crippen molar-refractivity contribution in [1.82, 2.24) is 4.98 Å². The molecule has 7 heteroatoms. The Labute approximate surface area is 132 Å². The van der Waals surface area contributed by atoms with Crippen LogP contribution in [0.2, 0.25) is 0 Å². The van der Waals surface area contributed by atoms with Gasteiger partial charge in [0.1, 0.15) is 5.75 Å². The smallest absolute Gasteiger partial charge is 0.259 e. The van der Waals surface area contributed by atoms with Crippen LogP contribution in [0.15, 0.2) is 39.5 Å². The number of carbonyl (C=O) groups excluding carboxylic acids is 1. The Kier molecular flexibility index (Phi) is 4.61. The summed E-state index contributed by atoms with van der Waals surface area (Å²) in [6.45, 7) is 0. The summed E-state index contributed by atoms with van der Waals surface area (Å²) in [5, 5.41) is 2.76. The average Bonchev–Trinajstić information content (AvgIpc) is 2.42. The number of halogens is 2. The fourth-order valence-corrected chi connectivity index (χ4v) is 2.82. The summed E-state index contributed by atoms with van der Waals surface area (Å²) in [4.78, 5) is 16.1. The minimum atomic E-state index is -0.333. The van der Waals surface area contributed by atoms with Gasteiger partial charge in [0, 0.05) is 28.6 Å². The maximum absolute atomic E-state index is 12.2. The number of nitrogens with zero attached hydrogens (tertiary/aromatic N) is 1. The van der Waals surface area contributed by atoms with Crippen LogP contribution >= 0.6 is 31.9 Å². The number of aromatic nitrogens is 1. The molecule has 0 unspecified atom stereocenters. The monoisotopic (exact) mass is 399 g/mol. The van der Waals surface area contributed by atoms with Gasteiger partial charge in [-0.15, -0.1) is 0 Å². The lowest BCUT2D eigenvalue weighted by molar-refractivity contribution is 0.102. The Morgan fingerprint density at radius 3 is 2.75 bits per heavy atom. The molecule has 0 aliphatic rings. The van der Waals surface area contributed by atoms with Crippen LogP contribution in [0.3, 0.4) is 0 Å². The number of nitrogen functional groups attached to an aromatic ring is 1. The highest BCUT2D eigenvalue weighted by Gasteiger charge is 2.13. The van der Waals surface area contributed by atoms with Crippen LogP contribution < -0.4 is 15.8 Å². The third-order valence-corrected chi connectivity index (χ3v) is 3.86. The van der Waals surface area contributed by atoms with Crippen molar-refractivity contribution in [2.75, 3.05) is 18.2 Å². The van der Waals surface area contributed by atoms with Gasteiger partial charge in [0.2, 0.25) is 0 Å². The maximum atomic E-state index is 12.2. The summed E-state index contributed by atoms with van der Waals surface area (Å²) >= 11 is 6.75. The van der Waals surface area contributed by atoms with Crippen molar-refractivity contribution in [2.45, 2.75) is 0 Å². The molecule has 1 aromatic carbocycles. The zero-order chi connectivity index (χ0) is 14.7. The second-order valence-electron chi connectivity index (χ2n) is 3.88. The van der Waals surface area contributed by atoms with Crippen molar-refractivity contribution < 1.29 is 9.53 Å². The molecule has 1 amide bonds. The van der Waals surface area contributed by atoms with Crippen molar-refractivity contribution in [3.63, 3.8) is 0 Å². The molecule has 0 saturated carbocycles. The van der Waals surface area contributed by atoms with Crippen LogP contribution in [-0.2, 0) is 0 Å². The van der Waals surface area contributed by atoms with Crippen LogP contribution in [0.5, 0.6) is 5.75 Å². The molecular formula is C13H11Br2N3O2. The van der Waals surface area contributed by atoms with E-state index in [0.29, 0.717) is 22.7 Å². The first-order valence-electron chi connectivity index (χ1n) is 5.56. The van der Waals surface area contributed by atoms with E-state index < -0.39 is 0 Å². The lowest BCUT2D eigenvalue weighted by Gasteiger charge is -2.11. The number of benzene rings is 1. The van der Waals surface area contributed by atoms with E-state index >= 15 is 0 Å². The summed E-state index contributed by atoms with van der Waals surface area (Å²) in [7, 11) is 1.55. The van der Waals surface area contributed by atoms with Gasteiger partial charge in [-0.3, -0.25) is 9.78 Å². The molecule has 3 N–H and O–H groups in total. The zero-order valence-corrected chi connectivity index (χ0v) is 13.7. The summed E-state index contributed by atoms with van der Waals surface area (Å²) in [6.07, 6.45) is 2.96.